The van der Waals surface area contributed by atoms with Crippen LogP contribution in [0.5, 0.6) is 0 Å². The quantitative estimate of drug-likeness (QED) is 0.649. The second-order valence-corrected chi connectivity index (χ2v) is 5.95. The zero-order chi connectivity index (χ0) is 15.1. The van der Waals surface area contributed by atoms with Gasteiger partial charge in [-0.2, -0.15) is 13.2 Å². The van der Waals surface area contributed by atoms with Crippen LogP contribution in [0.4, 0.5) is 13.2 Å². The van der Waals surface area contributed by atoms with Gasteiger partial charge in [-0.3, -0.25) is 4.90 Å². The minimum absolute atomic E-state index is 0.0984. The zero-order valence-electron chi connectivity index (χ0n) is 12.9. The van der Waals surface area contributed by atoms with E-state index in [1.165, 1.54) is 4.90 Å². The monoisotopic (exact) mass is 282 g/mol. The molecule has 19 heavy (non-hydrogen) atoms. The average molecular weight is 282 g/mol. The lowest BCUT2D eigenvalue weighted by molar-refractivity contribution is -0.152. The van der Waals surface area contributed by atoms with Crippen molar-refractivity contribution >= 4 is 0 Å². The van der Waals surface area contributed by atoms with Crippen molar-refractivity contribution in [3.63, 3.8) is 0 Å². The van der Waals surface area contributed by atoms with Crippen molar-refractivity contribution < 1.29 is 13.2 Å². The van der Waals surface area contributed by atoms with Crippen LogP contribution in [0.3, 0.4) is 0 Å². The SMILES string of the molecule is CCCNCC(C)(CC)CN(CC(F)(F)F)C(C)C. The third-order valence-electron chi connectivity index (χ3n) is 3.53. The summed E-state index contributed by atoms with van der Waals surface area (Å²) in [5.41, 5.74) is -0.120. The summed E-state index contributed by atoms with van der Waals surface area (Å²) >= 11 is 0. The van der Waals surface area contributed by atoms with Crippen LogP contribution >= 0.6 is 0 Å². The van der Waals surface area contributed by atoms with Crippen LogP contribution in [-0.2, 0) is 0 Å². The van der Waals surface area contributed by atoms with Gasteiger partial charge in [0.25, 0.3) is 0 Å². The fourth-order valence-corrected chi connectivity index (χ4v) is 2.00. The normalized spacial score (nSPS) is 16.1. The lowest BCUT2D eigenvalue weighted by Crippen LogP contribution is -2.48. The van der Waals surface area contributed by atoms with Crippen LogP contribution in [0.15, 0.2) is 0 Å². The first-order valence-corrected chi connectivity index (χ1v) is 7.15. The van der Waals surface area contributed by atoms with Crippen molar-refractivity contribution in [2.75, 3.05) is 26.2 Å². The molecule has 1 atom stereocenters. The predicted octanol–water partition coefficient (Wildman–Crippen LogP) is 3.68. The van der Waals surface area contributed by atoms with Crippen LogP contribution in [0, 0.1) is 5.41 Å². The summed E-state index contributed by atoms with van der Waals surface area (Å²) in [6.45, 7) is 11.1. The lowest BCUT2D eigenvalue weighted by Gasteiger charge is -2.37. The van der Waals surface area contributed by atoms with E-state index in [1.807, 2.05) is 20.8 Å². The highest BCUT2D eigenvalue weighted by atomic mass is 19.4. The van der Waals surface area contributed by atoms with E-state index in [2.05, 4.69) is 19.2 Å². The Kier molecular flexibility index (Phi) is 7.98. The number of halogens is 3. The van der Waals surface area contributed by atoms with Gasteiger partial charge >= 0.3 is 6.18 Å². The summed E-state index contributed by atoms with van der Waals surface area (Å²) < 4.78 is 37.8. The van der Waals surface area contributed by atoms with Crippen LogP contribution < -0.4 is 5.32 Å². The molecule has 0 aliphatic rings. The molecule has 0 saturated heterocycles. The predicted molar refractivity (Wildman–Crippen MR) is 74.3 cm³/mol. The Morgan fingerprint density at radius 3 is 2.05 bits per heavy atom. The first-order valence-electron chi connectivity index (χ1n) is 7.15. The van der Waals surface area contributed by atoms with Gasteiger partial charge < -0.3 is 5.32 Å². The van der Waals surface area contributed by atoms with Gasteiger partial charge in [0.15, 0.2) is 0 Å². The molecule has 2 nitrogen and oxygen atoms in total. The average Bonchev–Trinajstić information content (AvgIpc) is 2.26. The Morgan fingerprint density at radius 1 is 1.11 bits per heavy atom. The molecule has 0 radical (unpaired) electrons. The molecule has 0 heterocycles. The summed E-state index contributed by atoms with van der Waals surface area (Å²) in [6, 6.07) is -0.0984. The van der Waals surface area contributed by atoms with E-state index in [0.717, 1.165) is 25.9 Å². The van der Waals surface area contributed by atoms with Crippen LogP contribution in [0.2, 0.25) is 0 Å². The summed E-state index contributed by atoms with van der Waals surface area (Å²) in [7, 11) is 0. The first-order chi connectivity index (χ1) is 8.63. The molecule has 0 rings (SSSR count). The van der Waals surface area contributed by atoms with Crippen molar-refractivity contribution in [1.82, 2.24) is 10.2 Å². The summed E-state index contributed by atoms with van der Waals surface area (Å²) in [6.07, 6.45) is -2.23. The summed E-state index contributed by atoms with van der Waals surface area (Å²) in [5.74, 6) is 0. The molecule has 0 bridgehead atoms. The molecule has 1 N–H and O–H groups in total. The Morgan fingerprint density at radius 2 is 1.68 bits per heavy atom. The molecular weight excluding hydrogens is 253 g/mol. The van der Waals surface area contributed by atoms with Gasteiger partial charge in [0.1, 0.15) is 0 Å². The summed E-state index contributed by atoms with van der Waals surface area (Å²) in [5, 5.41) is 3.33. The minimum atomic E-state index is -4.13. The smallest absolute Gasteiger partial charge is 0.316 e. The van der Waals surface area contributed by atoms with E-state index in [0.29, 0.717) is 6.54 Å². The fourth-order valence-electron chi connectivity index (χ4n) is 2.00. The molecule has 1 unspecified atom stereocenters. The highest BCUT2D eigenvalue weighted by Crippen LogP contribution is 2.26. The van der Waals surface area contributed by atoms with Crippen LogP contribution in [-0.4, -0.2) is 43.3 Å². The van der Waals surface area contributed by atoms with E-state index < -0.39 is 12.7 Å². The van der Waals surface area contributed by atoms with Gasteiger partial charge in [-0.25, -0.2) is 0 Å². The Balaban J connectivity index is 4.58. The zero-order valence-corrected chi connectivity index (χ0v) is 12.9. The Labute approximate surface area is 115 Å². The molecule has 0 amide bonds. The molecule has 0 spiro atoms. The van der Waals surface area contributed by atoms with Gasteiger partial charge in [-0.15, -0.1) is 0 Å². The maximum atomic E-state index is 12.6. The van der Waals surface area contributed by atoms with E-state index in [4.69, 9.17) is 0 Å². The number of hydrogen-bond donors (Lipinski definition) is 1. The van der Waals surface area contributed by atoms with Gasteiger partial charge in [0.2, 0.25) is 0 Å². The maximum absolute atomic E-state index is 12.6. The molecule has 0 aromatic heterocycles. The van der Waals surface area contributed by atoms with Crippen molar-refractivity contribution in [1.29, 1.82) is 0 Å². The highest BCUT2D eigenvalue weighted by Gasteiger charge is 2.35. The number of nitrogens with zero attached hydrogens (tertiary/aromatic N) is 1. The second kappa shape index (κ2) is 8.10. The van der Waals surface area contributed by atoms with Gasteiger partial charge in [0.05, 0.1) is 6.54 Å². The standard InChI is InChI=1S/C14H29F3N2/c1-6-8-18-9-13(5,7-2)10-19(12(3)4)11-14(15,16)17/h12,18H,6-11H2,1-5H3. The second-order valence-electron chi connectivity index (χ2n) is 5.95. The third-order valence-corrected chi connectivity index (χ3v) is 3.53. The van der Waals surface area contributed by atoms with E-state index in [1.54, 1.807) is 0 Å². The summed E-state index contributed by atoms with van der Waals surface area (Å²) in [4.78, 5) is 1.52. The maximum Gasteiger partial charge on any atom is 0.401 e. The minimum Gasteiger partial charge on any atom is -0.316 e. The molecule has 5 heteroatoms. The Hall–Kier alpha value is -0.290. The molecular formula is C14H29F3N2. The van der Waals surface area contributed by atoms with Crippen LogP contribution in [0.25, 0.3) is 0 Å². The number of hydrogen-bond acceptors (Lipinski definition) is 2. The molecule has 0 saturated carbocycles. The van der Waals surface area contributed by atoms with Crippen molar-refractivity contribution in [3.05, 3.63) is 0 Å². The van der Waals surface area contributed by atoms with Crippen molar-refractivity contribution in [2.24, 2.45) is 5.41 Å². The lowest BCUT2D eigenvalue weighted by atomic mass is 9.86. The fraction of sp³-hybridized carbons (Fsp3) is 1.00. The number of rotatable bonds is 9. The first kappa shape index (κ1) is 18.7. The molecule has 0 aromatic rings. The third kappa shape index (κ3) is 8.47. The van der Waals surface area contributed by atoms with E-state index >= 15 is 0 Å². The number of alkyl halides is 3. The van der Waals surface area contributed by atoms with Crippen molar-refractivity contribution in [3.8, 4) is 0 Å². The molecule has 0 aliphatic heterocycles. The molecule has 0 aromatic carbocycles. The molecule has 0 fully saturated rings. The van der Waals surface area contributed by atoms with Gasteiger partial charge in [-0.05, 0) is 38.6 Å². The highest BCUT2D eigenvalue weighted by molar-refractivity contribution is 4.82. The van der Waals surface area contributed by atoms with Gasteiger partial charge in [0, 0.05) is 19.1 Å². The largest absolute Gasteiger partial charge is 0.401 e. The van der Waals surface area contributed by atoms with E-state index in [9.17, 15) is 13.2 Å². The van der Waals surface area contributed by atoms with Crippen LogP contribution in [0.1, 0.15) is 47.5 Å². The van der Waals surface area contributed by atoms with Crippen molar-refractivity contribution in [2.45, 2.75) is 59.7 Å². The van der Waals surface area contributed by atoms with E-state index in [-0.39, 0.29) is 11.5 Å². The molecule has 0 aliphatic carbocycles. The topological polar surface area (TPSA) is 15.3 Å². The number of nitrogens with one attached hydrogen (secondary N) is 1. The molecule has 116 valence electrons. The van der Waals surface area contributed by atoms with Gasteiger partial charge in [-0.1, -0.05) is 20.8 Å². The Bertz CT molecular complexity index is 241.